The number of likely N-dealkylation sites (tertiary alicyclic amines) is 1. The highest BCUT2D eigenvalue weighted by molar-refractivity contribution is 6.46. The van der Waals surface area contributed by atoms with Crippen molar-refractivity contribution in [3.05, 3.63) is 64.2 Å². The molecule has 1 fully saturated rings. The van der Waals surface area contributed by atoms with E-state index in [1.807, 2.05) is 6.92 Å². The normalized spacial score (nSPS) is 17.3. The number of aliphatic hydroxyl groups is 1. The van der Waals surface area contributed by atoms with Gasteiger partial charge in [0.15, 0.2) is 11.5 Å². The third-order valence-electron chi connectivity index (χ3n) is 5.73. The number of carbonyl (C=O) groups is 2. The highest BCUT2D eigenvalue weighted by atomic mass is 35.5. The largest absolute Gasteiger partial charge is 0.507 e. The van der Waals surface area contributed by atoms with Gasteiger partial charge in [0.25, 0.3) is 11.7 Å². The van der Waals surface area contributed by atoms with E-state index in [1.54, 1.807) is 42.5 Å². The molecule has 0 aromatic heterocycles. The molecule has 0 aliphatic carbocycles. The number of halogens is 1. The minimum Gasteiger partial charge on any atom is -0.507 e. The lowest BCUT2D eigenvalue weighted by atomic mass is 9.95. The van der Waals surface area contributed by atoms with Crippen molar-refractivity contribution in [2.75, 3.05) is 33.5 Å². The zero-order valence-corrected chi connectivity index (χ0v) is 21.3. The highest BCUT2D eigenvalue weighted by Gasteiger charge is 2.46. The number of benzene rings is 2. The van der Waals surface area contributed by atoms with Crippen LogP contribution < -0.4 is 9.47 Å². The Balaban J connectivity index is 2.09. The first-order chi connectivity index (χ1) is 16.8. The maximum absolute atomic E-state index is 13.1. The molecule has 1 heterocycles. The summed E-state index contributed by atoms with van der Waals surface area (Å²) < 4.78 is 16.9. The Morgan fingerprint density at radius 3 is 2.40 bits per heavy atom. The number of amides is 1. The second kappa shape index (κ2) is 12.1. The van der Waals surface area contributed by atoms with Crippen LogP contribution in [-0.4, -0.2) is 55.2 Å². The van der Waals surface area contributed by atoms with Crippen molar-refractivity contribution in [1.29, 1.82) is 0 Å². The summed E-state index contributed by atoms with van der Waals surface area (Å²) >= 11 is 5.98. The molecule has 1 N–H and O–H groups in total. The minimum atomic E-state index is -0.815. The summed E-state index contributed by atoms with van der Waals surface area (Å²) in [6.45, 7) is 7.49. The van der Waals surface area contributed by atoms with Crippen molar-refractivity contribution in [3.63, 3.8) is 0 Å². The quantitative estimate of drug-likeness (QED) is 0.258. The van der Waals surface area contributed by atoms with Gasteiger partial charge in [0, 0.05) is 24.2 Å². The lowest BCUT2D eigenvalue weighted by molar-refractivity contribution is -0.140. The Morgan fingerprint density at radius 2 is 1.77 bits per heavy atom. The first kappa shape index (κ1) is 26.6. The van der Waals surface area contributed by atoms with Gasteiger partial charge < -0.3 is 24.2 Å². The molecule has 1 aliphatic heterocycles. The van der Waals surface area contributed by atoms with E-state index in [1.165, 1.54) is 12.0 Å². The Bertz CT molecular complexity index is 1080. The van der Waals surface area contributed by atoms with Crippen LogP contribution in [0, 0.1) is 5.92 Å². The third kappa shape index (κ3) is 6.16. The van der Waals surface area contributed by atoms with Gasteiger partial charge in [-0.1, -0.05) is 31.5 Å². The number of ether oxygens (including phenoxy) is 3. The second-order valence-corrected chi connectivity index (χ2v) is 9.10. The van der Waals surface area contributed by atoms with Gasteiger partial charge in [-0.05, 0) is 61.2 Å². The van der Waals surface area contributed by atoms with Gasteiger partial charge >= 0.3 is 0 Å². The van der Waals surface area contributed by atoms with Crippen LogP contribution in [-0.2, 0) is 14.3 Å². The number of hydrogen-bond acceptors (Lipinski definition) is 6. The van der Waals surface area contributed by atoms with Crippen LogP contribution >= 0.6 is 11.6 Å². The molecule has 0 spiro atoms. The predicted octanol–water partition coefficient (Wildman–Crippen LogP) is 5.23. The summed E-state index contributed by atoms with van der Waals surface area (Å²) in [5.41, 5.74) is 1.02. The van der Waals surface area contributed by atoms with E-state index in [4.69, 9.17) is 25.8 Å². The fourth-order valence-corrected chi connectivity index (χ4v) is 4.02. The van der Waals surface area contributed by atoms with Crippen LogP contribution in [0.3, 0.4) is 0 Å². The van der Waals surface area contributed by atoms with Gasteiger partial charge in [-0.2, -0.15) is 0 Å². The summed E-state index contributed by atoms with van der Waals surface area (Å²) in [5, 5.41) is 11.6. The summed E-state index contributed by atoms with van der Waals surface area (Å²) in [5.74, 6) is -0.120. The Labute approximate surface area is 211 Å². The number of methoxy groups -OCH3 is 1. The van der Waals surface area contributed by atoms with Crippen molar-refractivity contribution < 1.29 is 28.9 Å². The van der Waals surface area contributed by atoms with E-state index in [9.17, 15) is 14.7 Å². The number of aliphatic hydroxyl groups excluding tert-OH is 1. The number of carbonyl (C=O) groups excluding carboxylic acids is 2. The van der Waals surface area contributed by atoms with E-state index >= 15 is 0 Å². The van der Waals surface area contributed by atoms with E-state index in [0.717, 1.165) is 6.42 Å². The molecular formula is C27H32ClNO6. The average Bonchev–Trinajstić information content (AvgIpc) is 3.08. The molecule has 0 saturated carbocycles. The van der Waals surface area contributed by atoms with Crippen LogP contribution in [0.15, 0.2) is 48.0 Å². The maximum Gasteiger partial charge on any atom is 0.295 e. The molecule has 2 aromatic rings. The Kier molecular flexibility index (Phi) is 9.18. The summed E-state index contributed by atoms with van der Waals surface area (Å²) in [4.78, 5) is 27.5. The van der Waals surface area contributed by atoms with Crippen molar-refractivity contribution >= 4 is 29.1 Å². The van der Waals surface area contributed by atoms with Crippen LogP contribution in [0.5, 0.6) is 11.5 Å². The SMILES string of the molecule is CCOc1cc(C2/C(=C(\O)c3ccc(Cl)cc3)C(=O)C(=O)N2CCOC)ccc1OCCC(C)C. The number of rotatable bonds is 11. The summed E-state index contributed by atoms with van der Waals surface area (Å²) in [6, 6.07) is 11.0. The van der Waals surface area contributed by atoms with Gasteiger partial charge in [-0.15, -0.1) is 0 Å². The fourth-order valence-electron chi connectivity index (χ4n) is 3.90. The van der Waals surface area contributed by atoms with Crippen molar-refractivity contribution in [2.45, 2.75) is 33.2 Å². The van der Waals surface area contributed by atoms with Gasteiger partial charge in [0.1, 0.15) is 5.76 Å². The zero-order chi connectivity index (χ0) is 25.5. The first-order valence-electron chi connectivity index (χ1n) is 11.7. The molecule has 1 amide bonds. The second-order valence-electron chi connectivity index (χ2n) is 8.66. The maximum atomic E-state index is 13.1. The molecule has 7 nitrogen and oxygen atoms in total. The molecule has 1 unspecified atom stereocenters. The molecule has 0 radical (unpaired) electrons. The van der Waals surface area contributed by atoms with Crippen molar-refractivity contribution in [2.24, 2.45) is 5.92 Å². The Morgan fingerprint density at radius 1 is 1.06 bits per heavy atom. The average molecular weight is 502 g/mol. The molecule has 3 rings (SSSR count). The molecule has 2 aromatic carbocycles. The molecule has 0 bridgehead atoms. The number of Topliss-reactive ketones (excluding diaryl/α,β-unsaturated/α-hetero) is 1. The van der Waals surface area contributed by atoms with Crippen LogP contribution in [0.25, 0.3) is 5.76 Å². The molecule has 1 saturated heterocycles. The lowest BCUT2D eigenvalue weighted by Crippen LogP contribution is -2.32. The van der Waals surface area contributed by atoms with Crippen molar-refractivity contribution in [1.82, 2.24) is 4.90 Å². The van der Waals surface area contributed by atoms with Gasteiger partial charge in [0.05, 0.1) is 31.4 Å². The predicted molar refractivity (Wildman–Crippen MR) is 135 cm³/mol. The van der Waals surface area contributed by atoms with Gasteiger partial charge in [-0.25, -0.2) is 0 Å². The third-order valence-corrected chi connectivity index (χ3v) is 5.98. The van der Waals surface area contributed by atoms with Crippen LogP contribution in [0.1, 0.15) is 44.4 Å². The molecular weight excluding hydrogens is 470 g/mol. The molecule has 1 aliphatic rings. The van der Waals surface area contributed by atoms with E-state index < -0.39 is 17.7 Å². The summed E-state index contributed by atoms with van der Waals surface area (Å²) in [6.07, 6.45) is 0.894. The number of ketones is 1. The molecule has 35 heavy (non-hydrogen) atoms. The summed E-state index contributed by atoms with van der Waals surface area (Å²) in [7, 11) is 1.52. The smallest absolute Gasteiger partial charge is 0.295 e. The standard InChI is InChI=1S/C27H32ClNO6/c1-5-34-22-16-19(8-11-21(22)35-14-12-17(2)3)24-23(25(30)18-6-9-20(28)10-7-18)26(31)27(32)29(24)13-15-33-4/h6-11,16-17,24,30H,5,12-15H2,1-4H3/b25-23+. The molecule has 1 atom stereocenters. The van der Waals surface area contributed by atoms with E-state index in [2.05, 4.69) is 13.8 Å². The fraction of sp³-hybridized carbons (Fsp3) is 0.407. The topological polar surface area (TPSA) is 85.3 Å². The minimum absolute atomic E-state index is 0.00403. The van der Waals surface area contributed by atoms with E-state index in [-0.39, 0.29) is 24.5 Å². The highest BCUT2D eigenvalue weighted by Crippen LogP contribution is 2.42. The van der Waals surface area contributed by atoms with E-state index in [0.29, 0.717) is 46.8 Å². The number of hydrogen-bond donors (Lipinski definition) is 1. The van der Waals surface area contributed by atoms with Crippen LogP contribution in [0.4, 0.5) is 0 Å². The molecule has 188 valence electrons. The van der Waals surface area contributed by atoms with Gasteiger partial charge in [-0.3, -0.25) is 9.59 Å². The zero-order valence-electron chi connectivity index (χ0n) is 20.5. The number of nitrogens with zero attached hydrogens (tertiary/aromatic N) is 1. The first-order valence-corrected chi connectivity index (χ1v) is 12.1. The monoisotopic (exact) mass is 501 g/mol. The van der Waals surface area contributed by atoms with Gasteiger partial charge in [0.2, 0.25) is 0 Å². The van der Waals surface area contributed by atoms with Crippen molar-refractivity contribution in [3.8, 4) is 11.5 Å². The van der Waals surface area contributed by atoms with Crippen LogP contribution in [0.2, 0.25) is 5.02 Å². The Hall–Kier alpha value is -3.03. The molecule has 8 heteroatoms. The lowest BCUT2D eigenvalue weighted by Gasteiger charge is -2.26.